The molecule has 2 heterocycles. The summed E-state index contributed by atoms with van der Waals surface area (Å²) in [7, 11) is 0. The lowest BCUT2D eigenvalue weighted by Crippen LogP contribution is -1.98. The van der Waals surface area contributed by atoms with Gasteiger partial charge in [0.2, 0.25) is 0 Å². The number of hydrogen-bond donors (Lipinski definition) is 2. The van der Waals surface area contributed by atoms with Gasteiger partial charge in [0.25, 0.3) is 0 Å². The molecule has 0 bridgehead atoms. The van der Waals surface area contributed by atoms with E-state index in [1.54, 1.807) is 29.8 Å². The second-order valence-corrected chi connectivity index (χ2v) is 31.0. The molecule has 11 heteroatoms. The Morgan fingerprint density at radius 3 is 1.01 bits per heavy atom. The molecule has 0 saturated heterocycles. The highest BCUT2D eigenvalue weighted by molar-refractivity contribution is 9.11. The highest BCUT2D eigenvalue weighted by atomic mass is 79.9. The van der Waals surface area contributed by atoms with Crippen LogP contribution in [0.4, 0.5) is 0 Å². The molecule has 0 saturated carbocycles. The zero-order chi connectivity index (χ0) is 69.4. The largest absolute Gasteiger partial charge is 0.507 e. The van der Waals surface area contributed by atoms with E-state index in [1.165, 1.54) is 185 Å². The Kier molecular flexibility index (Phi) is 25.1. The van der Waals surface area contributed by atoms with Gasteiger partial charge in [-0.15, -0.1) is 0 Å². The normalized spacial score (nSPS) is 11.7. The van der Waals surface area contributed by atoms with Crippen molar-refractivity contribution in [3.8, 4) is 23.0 Å². The van der Waals surface area contributed by atoms with E-state index in [0.717, 1.165) is 84.2 Å². The Balaban J connectivity index is 0.000000183. The van der Waals surface area contributed by atoms with Gasteiger partial charge in [-0.2, -0.15) is 0 Å². The highest BCUT2D eigenvalue weighted by Gasteiger charge is 2.17. The highest BCUT2D eigenvalue weighted by Crippen LogP contribution is 2.43. The third-order valence-electron chi connectivity index (χ3n) is 19.8. The van der Waals surface area contributed by atoms with Gasteiger partial charge in [0, 0.05) is 26.9 Å². The van der Waals surface area contributed by atoms with Gasteiger partial charge in [-0.1, -0.05) is 233 Å². The van der Waals surface area contributed by atoms with E-state index in [4.69, 9.17) is 18.3 Å². The number of alkyl halides is 1. The molecule has 0 aliphatic carbocycles. The standard InChI is InChI=1S/C56H54Br2O3.C22H25Br.C12H6Br2O3/c57-51-37-53-49(35-55(51)59-30-17-7-3-1-5-9-20-39-25-19-26-44-32-40-21-11-12-22-41(40)34-48(39)44)50-36-56(52(58)38-54(50)61-53)60-31-18-8-4-2-6-10-29-47-45-27-15-13-23-42(45)33-43-24-14-16-28-46(43)47;23-16-10-4-2-1-3-5-15-22-20-13-8-6-11-18(20)17-19-12-7-9-14-21(19)22;13-7-3-11-5(1-9(7)15)6-2-10(16)8(14)4-12(6)17-11/h11-16,19,21-28,32-38H,1-10,17-18,20,29-31H2;6-9,11-14,17H,1-5,10,15-16H2;1-4,15-16H. The fourth-order valence-electron chi connectivity index (χ4n) is 14.5. The van der Waals surface area contributed by atoms with Gasteiger partial charge in [-0.25, -0.2) is 0 Å². The first-order chi connectivity index (χ1) is 49.5. The molecule has 6 nitrogen and oxygen atoms in total. The van der Waals surface area contributed by atoms with Crippen LogP contribution in [-0.4, -0.2) is 28.8 Å². The number of hydrogen-bond acceptors (Lipinski definition) is 6. The number of aryl methyl sites for hydroxylation is 3. The zero-order valence-corrected chi connectivity index (χ0v) is 65.0. The number of unbranched alkanes of at least 4 members (excludes halogenated alkanes) is 15. The van der Waals surface area contributed by atoms with Crippen LogP contribution in [0.5, 0.6) is 23.0 Å². The summed E-state index contributed by atoms with van der Waals surface area (Å²) in [5, 5.41) is 40.6. The van der Waals surface area contributed by atoms with Crippen molar-refractivity contribution in [2.24, 2.45) is 0 Å². The molecule has 0 atom stereocenters. The first kappa shape index (κ1) is 72.0. The van der Waals surface area contributed by atoms with Crippen molar-refractivity contribution >= 4 is 188 Å². The van der Waals surface area contributed by atoms with Crippen molar-refractivity contribution in [1.29, 1.82) is 0 Å². The van der Waals surface area contributed by atoms with E-state index in [2.05, 4.69) is 256 Å². The molecular weight excluding hydrogens is 1580 g/mol. The van der Waals surface area contributed by atoms with Crippen molar-refractivity contribution in [2.45, 2.75) is 135 Å². The van der Waals surface area contributed by atoms with Gasteiger partial charge in [0.15, 0.2) is 0 Å². The SMILES string of the molecule is BrCCCCCCCCc1c2ccccc2cc2ccccc12.Brc1cc2oc3cc(Br)c(OCCCCCCCCc4c5ccccc5cc5ccccc45)cc3c2cc1OCCCCCCCCc1cccc2cc3ccccc3cc12.Oc1cc2c(cc1Br)oc1cc(Br)c(O)cc12. The summed E-state index contributed by atoms with van der Waals surface area (Å²) in [5.74, 6) is 1.99. The van der Waals surface area contributed by atoms with Crippen LogP contribution < -0.4 is 9.47 Å². The molecule has 0 aliphatic rings. The minimum Gasteiger partial charge on any atom is -0.507 e. The maximum atomic E-state index is 9.66. The lowest BCUT2D eigenvalue weighted by molar-refractivity contribution is 0.302. The molecule has 0 amide bonds. The van der Waals surface area contributed by atoms with Crippen LogP contribution in [0.15, 0.2) is 239 Å². The minimum atomic E-state index is 0.141. The van der Waals surface area contributed by atoms with Crippen molar-refractivity contribution < 1.29 is 28.5 Å². The average molecular weight is 1660 g/mol. The van der Waals surface area contributed by atoms with Crippen molar-refractivity contribution in [2.75, 3.05) is 18.5 Å². The smallest absolute Gasteiger partial charge is 0.136 e. The van der Waals surface area contributed by atoms with E-state index in [-0.39, 0.29) is 11.5 Å². The first-order valence-electron chi connectivity index (χ1n) is 36.1. The predicted octanol–water partition coefficient (Wildman–Crippen LogP) is 29.4. The summed E-state index contributed by atoms with van der Waals surface area (Å²) < 4.78 is 27.6. The Bertz CT molecular complexity index is 5170. The number of halogens is 5. The van der Waals surface area contributed by atoms with Crippen LogP contribution in [-0.2, 0) is 19.3 Å². The van der Waals surface area contributed by atoms with E-state index in [9.17, 15) is 10.2 Å². The summed E-state index contributed by atoms with van der Waals surface area (Å²) in [6, 6.07) is 75.1. The minimum absolute atomic E-state index is 0.141. The lowest BCUT2D eigenvalue weighted by atomic mass is 9.93. The number of phenolic OH excluding ortho intramolecular Hbond substituents is 2. The van der Waals surface area contributed by atoms with Gasteiger partial charge >= 0.3 is 0 Å². The summed E-state index contributed by atoms with van der Waals surface area (Å²) >= 11 is 17.5. The van der Waals surface area contributed by atoms with Gasteiger partial charge in [-0.05, 0) is 276 Å². The zero-order valence-electron chi connectivity index (χ0n) is 57.1. The lowest BCUT2D eigenvalue weighted by Gasteiger charge is -2.12. The van der Waals surface area contributed by atoms with Crippen LogP contribution in [0.25, 0.3) is 109 Å². The summed E-state index contributed by atoms with van der Waals surface area (Å²) in [6.45, 7) is 1.40. The van der Waals surface area contributed by atoms with Crippen LogP contribution in [0.2, 0.25) is 0 Å². The van der Waals surface area contributed by atoms with E-state index >= 15 is 0 Å². The first-order valence-corrected chi connectivity index (χ1v) is 40.4. The number of furan rings is 2. The molecule has 0 radical (unpaired) electrons. The molecule has 15 aromatic rings. The Labute approximate surface area is 634 Å². The van der Waals surface area contributed by atoms with Crippen molar-refractivity contribution in [3.05, 3.63) is 247 Å². The predicted molar refractivity (Wildman–Crippen MR) is 445 cm³/mol. The number of rotatable bonds is 28. The number of aromatic hydroxyl groups is 2. The third-order valence-corrected chi connectivity index (χ3v) is 22.8. The quantitative estimate of drug-likeness (QED) is 0.0289. The molecular formula is C90H85Br5O6. The molecule has 2 aromatic heterocycles. The van der Waals surface area contributed by atoms with E-state index in [0.29, 0.717) is 33.3 Å². The number of phenols is 2. The summed E-state index contributed by atoms with van der Waals surface area (Å²) in [4.78, 5) is 0. The fourth-order valence-corrected chi connectivity index (χ4v) is 16.4. The van der Waals surface area contributed by atoms with Crippen LogP contribution >= 0.6 is 79.6 Å². The second kappa shape index (κ2) is 35.2. The van der Waals surface area contributed by atoms with Gasteiger partial charge in [-0.3, -0.25) is 0 Å². The molecule has 0 spiro atoms. The van der Waals surface area contributed by atoms with Gasteiger partial charge in [0.1, 0.15) is 45.3 Å². The molecule has 516 valence electrons. The van der Waals surface area contributed by atoms with Crippen LogP contribution in [0, 0.1) is 0 Å². The van der Waals surface area contributed by atoms with Gasteiger partial charge in [0.05, 0.1) is 31.1 Å². The molecule has 0 aliphatic heterocycles. The molecule has 2 N–H and O–H groups in total. The molecule has 0 fully saturated rings. The number of ether oxygens (including phenoxy) is 2. The molecule has 101 heavy (non-hydrogen) atoms. The summed E-state index contributed by atoms with van der Waals surface area (Å²) in [6.07, 6.45) is 25.9. The van der Waals surface area contributed by atoms with E-state index < -0.39 is 0 Å². The maximum Gasteiger partial charge on any atom is 0.136 e. The topological polar surface area (TPSA) is 85.2 Å². The number of benzene rings is 13. The fraction of sp³-hybridized carbons (Fsp3) is 0.267. The maximum absolute atomic E-state index is 9.66. The Hall–Kier alpha value is -7.38. The monoisotopic (exact) mass is 1660 g/mol. The molecule has 13 aromatic carbocycles. The number of fused-ring (bicyclic) bond motifs is 12. The summed E-state index contributed by atoms with van der Waals surface area (Å²) in [5.41, 5.74) is 7.49. The second-order valence-electron chi connectivity index (χ2n) is 26.8. The Morgan fingerprint density at radius 2 is 0.584 bits per heavy atom. The Morgan fingerprint density at radius 1 is 0.267 bits per heavy atom. The van der Waals surface area contributed by atoms with Crippen LogP contribution in [0.3, 0.4) is 0 Å². The van der Waals surface area contributed by atoms with E-state index in [1.807, 2.05) is 12.1 Å². The van der Waals surface area contributed by atoms with Gasteiger partial charge < -0.3 is 28.5 Å². The van der Waals surface area contributed by atoms with Crippen molar-refractivity contribution in [1.82, 2.24) is 0 Å². The third kappa shape index (κ3) is 17.8. The average Bonchev–Trinajstić information content (AvgIpc) is 1.64. The van der Waals surface area contributed by atoms with Crippen LogP contribution in [0.1, 0.15) is 132 Å². The molecule has 15 rings (SSSR count). The van der Waals surface area contributed by atoms with Crippen molar-refractivity contribution in [3.63, 3.8) is 0 Å². The molecule has 0 unspecified atom stereocenters.